The van der Waals surface area contributed by atoms with E-state index in [2.05, 4.69) is 0 Å². The van der Waals surface area contributed by atoms with Crippen LogP contribution >= 0.6 is 0 Å². The molecule has 4 rings (SSSR count). The van der Waals surface area contributed by atoms with E-state index in [1.807, 2.05) is 60.7 Å². The fourth-order valence-corrected chi connectivity index (χ4v) is 3.01. The smallest absolute Gasteiger partial charge is 0.342 e. The Morgan fingerprint density at radius 3 is 2.40 bits per heavy atom. The quantitative estimate of drug-likeness (QED) is 0.490. The van der Waals surface area contributed by atoms with E-state index in [4.69, 9.17) is 9.47 Å². The Bertz CT molecular complexity index is 829. The fourth-order valence-electron chi connectivity index (χ4n) is 3.01. The van der Waals surface area contributed by atoms with Crippen molar-refractivity contribution in [1.29, 1.82) is 0 Å². The highest BCUT2D eigenvalue weighted by Gasteiger charge is 2.45. The summed E-state index contributed by atoms with van der Waals surface area (Å²) in [5, 5.41) is 0. The van der Waals surface area contributed by atoms with Crippen LogP contribution in [0.2, 0.25) is 0 Å². The number of amides is 1. The first-order chi connectivity index (χ1) is 12.2. The monoisotopic (exact) mass is 335 g/mol. The van der Waals surface area contributed by atoms with Gasteiger partial charge in [-0.15, -0.1) is 0 Å². The van der Waals surface area contributed by atoms with Crippen molar-refractivity contribution in [2.45, 2.75) is 19.3 Å². The molecular weight excluding hydrogens is 318 g/mol. The van der Waals surface area contributed by atoms with Gasteiger partial charge in [0.05, 0.1) is 13.0 Å². The zero-order valence-corrected chi connectivity index (χ0v) is 13.6. The second-order valence-electron chi connectivity index (χ2n) is 6.02. The molecule has 0 aromatic heterocycles. The Balaban J connectivity index is 1.60. The molecule has 5 nitrogen and oxygen atoms in total. The Morgan fingerprint density at radius 2 is 1.76 bits per heavy atom. The van der Waals surface area contributed by atoms with Crippen LogP contribution < -0.4 is 0 Å². The van der Waals surface area contributed by atoms with Crippen LogP contribution in [0.5, 0.6) is 0 Å². The van der Waals surface area contributed by atoms with Crippen LogP contribution in [-0.4, -0.2) is 29.5 Å². The van der Waals surface area contributed by atoms with E-state index in [0.717, 1.165) is 11.1 Å². The van der Waals surface area contributed by atoms with E-state index >= 15 is 0 Å². The van der Waals surface area contributed by atoms with Crippen molar-refractivity contribution in [2.75, 3.05) is 6.54 Å². The summed E-state index contributed by atoms with van der Waals surface area (Å²) in [6.07, 6.45) is 0.119. The van der Waals surface area contributed by atoms with E-state index < -0.39 is 5.97 Å². The minimum atomic E-state index is -0.444. The topological polar surface area (TPSA) is 55.8 Å². The first kappa shape index (κ1) is 15.4. The highest BCUT2D eigenvalue weighted by Crippen LogP contribution is 2.35. The van der Waals surface area contributed by atoms with Crippen molar-refractivity contribution in [3.05, 3.63) is 77.5 Å². The van der Waals surface area contributed by atoms with E-state index in [1.165, 1.54) is 0 Å². The van der Waals surface area contributed by atoms with Crippen molar-refractivity contribution in [1.82, 2.24) is 4.90 Å². The molecule has 1 amide bonds. The lowest BCUT2D eigenvalue weighted by Gasteiger charge is -2.30. The Morgan fingerprint density at radius 1 is 1.08 bits per heavy atom. The van der Waals surface area contributed by atoms with Gasteiger partial charge in [0.2, 0.25) is 5.91 Å². The van der Waals surface area contributed by atoms with Crippen molar-refractivity contribution in [3.8, 4) is 0 Å². The normalized spacial score (nSPS) is 20.4. The number of carbonyl (C=O) groups is 2. The molecule has 5 heteroatoms. The standard InChI is InChI=1S/C20H17NO4/c22-17-11-18-21(17)12-16(25-18)19(15-9-5-2-6-10-15)20(23)24-13-14-7-3-1-4-8-14/h1-10,18H,11-13H2/b19-16+. The highest BCUT2D eigenvalue weighted by atomic mass is 16.5. The number of nitrogens with zero attached hydrogens (tertiary/aromatic N) is 1. The van der Waals surface area contributed by atoms with Crippen LogP contribution in [-0.2, 0) is 25.7 Å². The number of ether oxygens (including phenoxy) is 2. The van der Waals surface area contributed by atoms with Gasteiger partial charge in [0, 0.05) is 0 Å². The summed E-state index contributed by atoms with van der Waals surface area (Å²) < 4.78 is 11.3. The van der Waals surface area contributed by atoms with Gasteiger partial charge in [0.1, 0.15) is 17.9 Å². The summed E-state index contributed by atoms with van der Waals surface area (Å²) in [5.41, 5.74) is 2.03. The molecule has 25 heavy (non-hydrogen) atoms. The Kier molecular flexibility index (Phi) is 3.98. The van der Waals surface area contributed by atoms with Gasteiger partial charge in [0.25, 0.3) is 0 Å². The van der Waals surface area contributed by atoms with E-state index in [-0.39, 0.29) is 18.7 Å². The first-order valence-corrected chi connectivity index (χ1v) is 8.18. The molecule has 2 aliphatic rings. The van der Waals surface area contributed by atoms with Gasteiger partial charge in [-0.2, -0.15) is 0 Å². The van der Waals surface area contributed by atoms with Crippen molar-refractivity contribution >= 4 is 17.4 Å². The molecule has 2 fully saturated rings. The fraction of sp³-hybridized carbons (Fsp3) is 0.200. The number of rotatable bonds is 4. The first-order valence-electron chi connectivity index (χ1n) is 8.18. The largest absolute Gasteiger partial charge is 0.471 e. The van der Waals surface area contributed by atoms with Crippen LogP contribution in [0, 0.1) is 0 Å². The maximum Gasteiger partial charge on any atom is 0.342 e. The maximum absolute atomic E-state index is 12.8. The summed E-state index contributed by atoms with van der Waals surface area (Å²) in [6.45, 7) is 0.503. The molecule has 2 aromatic rings. The molecule has 0 bridgehead atoms. The van der Waals surface area contributed by atoms with E-state index in [0.29, 0.717) is 24.3 Å². The van der Waals surface area contributed by atoms with Crippen LogP contribution in [0.3, 0.4) is 0 Å². The molecule has 1 atom stereocenters. The molecule has 0 aliphatic carbocycles. The predicted molar refractivity (Wildman–Crippen MR) is 90.8 cm³/mol. The highest BCUT2D eigenvalue weighted by molar-refractivity contribution is 6.17. The van der Waals surface area contributed by atoms with Gasteiger partial charge in [-0.25, -0.2) is 4.79 Å². The van der Waals surface area contributed by atoms with Gasteiger partial charge in [-0.05, 0) is 11.1 Å². The van der Waals surface area contributed by atoms with Crippen molar-refractivity contribution in [3.63, 3.8) is 0 Å². The minimum absolute atomic E-state index is 0.0464. The second-order valence-corrected chi connectivity index (χ2v) is 6.02. The van der Waals surface area contributed by atoms with Crippen molar-refractivity contribution in [2.24, 2.45) is 0 Å². The Hall–Kier alpha value is -3.08. The molecule has 1 unspecified atom stereocenters. The molecule has 2 aromatic carbocycles. The molecule has 0 N–H and O–H groups in total. The molecule has 0 radical (unpaired) electrons. The Labute approximate surface area is 145 Å². The zero-order chi connectivity index (χ0) is 17.2. The van der Waals surface area contributed by atoms with Gasteiger partial charge >= 0.3 is 5.97 Å². The third kappa shape index (κ3) is 3.01. The average molecular weight is 335 g/mol. The second kappa shape index (κ2) is 6.43. The lowest BCUT2D eigenvalue weighted by Crippen LogP contribution is -2.48. The number of fused-ring (bicyclic) bond motifs is 1. The molecule has 0 spiro atoms. The summed E-state index contributed by atoms with van der Waals surface area (Å²) >= 11 is 0. The average Bonchev–Trinajstić information content (AvgIpc) is 2.99. The summed E-state index contributed by atoms with van der Waals surface area (Å²) in [7, 11) is 0. The third-order valence-electron chi connectivity index (χ3n) is 4.37. The van der Waals surface area contributed by atoms with E-state index in [9.17, 15) is 9.59 Å². The van der Waals surface area contributed by atoms with Crippen LogP contribution in [0.25, 0.3) is 5.57 Å². The van der Waals surface area contributed by atoms with E-state index in [1.54, 1.807) is 4.90 Å². The lowest BCUT2D eigenvalue weighted by molar-refractivity contribution is -0.153. The lowest BCUT2D eigenvalue weighted by atomic mass is 10.0. The zero-order valence-electron chi connectivity index (χ0n) is 13.6. The SMILES string of the molecule is O=C(OCc1ccccc1)/C(=C1\CN2C(=O)CC2O1)c1ccccc1. The van der Waals surface area contributed by atoms with Crippen LogP contribution in [0.1, 0.15) is 17.5 Å². The number of carbonyl (C=O) groups excluding carboxylic acids is 2. The predicted octanol–water partition coefficient (Wildman–Crippen LogP) is 2.73. The molecule has 2 saturated heterocycles. The number of β-lactam (4-membered cyclic amide) rings is 1. The number of hydrogen-bond donors (Lipinski definition) is 0. The van der Waals surface area contributed by atoms with Gasteiger partial charge in [-0.1, -0.05) is 60.7 Å². The molecule has 0 saturated carbocycles. The summed E-state index contributed by atoms with van der Waals surface area (Å²) in [6, 6.07) is 18.8. The number of benzene rings is 2. The van der Waals surface area contributed by atoms with Gasteiger partial charge < -0.3 is 9.47 Å². The third-order valence-corrected chi connectivity index (χ3v) is 4.37. The van der Waals surface area contributed by atoms with Crippen molar-refractivity contribution < 1.29 is 19.1 Å². The van der Waals surface area contributed by atoms with Crippen LogP contribution in [0.4, 0.5) is 0 Å². The van der Waals surface area contributed by atoms with Gasteiger partial charge in [0.15, 0.2) is 6.23 Å². The molecular formula is C20H17NO4. The number of hydrogen-bond acceptors (Lipinski definition) is 4. The maximum atomic E-state index is 12.8. The minimum Gasteiger partial charge on any atom is -0.471 e. The van der Waals surface area contributed by atoms with Gasteiger partial charge in [-0.3, -0.25) is 9.69 Å². The summed E-state index contributed by atoms with van der Waals surface area (Å²) in [5.74, 6) is 0.102. The molecule has 2 heterocycles. The van der Waals surface area contributed by atoms with Crippen LogP contribution in [0.15, 0.2) is 66.4 Å². The molecule has 126 valence electrons. The number of esters is 1. The summed E-state index contributed by atoms with van der Waals surface area (Å²) in [4.78, 5) is 26.0. The molecule has 2 aliphatic heterocycles.